The summed E-state index contributed by atoms with van der Waals surface area (Å²) in [7, 11) is -4.07. The highest BCUT2D eigenvalue weighted by molar-refractivity contribution is 7.92. The molecule has 0 saturated heterocycles. The van der Waals surface area contributed by atoms with Crippen LogP contribution in [0, 0.1) is 12.7 Å². The summed E-state index contributed by atoms with van der Waals surface area (Å²) in [6.45, 7) is 3.21. The lowest BCUT2D eigenvalue weighted by Crippen LogP contribution is -2.17. The van der Waals surface area contributed by atoms with Gasteiger partial charge >= 0.3 is 5.97 Å². The van der Waals surface area contributed by atoms with Crippen molar-refractivity contribution in [3.63, 3.8) is 0 Å². The smallest absolute Gasteiger partial charge is 0.338 e. The number of benzene rings is 2. The molecule has 0 aliphatic heterocycles. The molecular formula is C17H17FN2O5S. The maximum Gasteiger partial charge on any atom is 0.338 e. The third kappa shape index (κ3) is 4.17. The topological polar surface area (TPSA) is 116 Å². The van der Waals surface area contributed by atoms with E-state index < -0.39 is 27.7 Å². The summed E-state index contributed by atoms with van der Waals surface area (Å²) in [5.74, 6) is -2.23. The van der Waals surface area contributed by atoms with Crippen LogP contribution in [-0.4, -0.2) is 26.9 Å². The van der Waals surface area contributed by atoms with Crippen LogP contribution in [0.15, 0.2) is 41.3 Å². The van der Waals surface area contributed by atoms with Gasteiger partial charge in [0.15, 0.2) is 0 Å². The number of primary amides is 1. The van der Waals surface area contributed by atoms with E-state index in [-0.39, 0.29) is 33.9 Å². The van der Waals surface area contributed by atoms with E-state index in [1.807, 2.05) is 0 Å². The predicted octanol–water partition coefficient (Wildman–Crippen LogP) is 2.21. The second-order valence-electron chi connectivity index (χ2n) is 5.35. The molecule has 2 aromatic carbocycles. The van der Waals surface area contributed by atoms with Gasteiger partial charge in [0.2, 0.25) is 5.91 Å². The number of carbonyl (C=O) groups excluding carboxylic acids is 2. The van der Waals surface area contributed by atoms with Crippen molar-refractivity contribution in [3.05, 3.63) is 58.9 Å². The van der Waals surface area contributed by atoms with Gasteiger partial charge in [0.25, 0.3) is 10.0 Å². The lowest BCUT2D eigenvalue weighted by atomic mass is 10.1. The maximum absolute atomic E-state index is 13.9. The molecular weight excluding hydrogens is 363 g/mol. The van der Waals surface area contributed by atoms with Crippen molar-refractivity contribution in [2.45, 2.75) is 18.7 Å². The van der Waals surface area contributed by atoms with E-state index in [0.29, 0.717) is 0 Å². The molecule has 9 heteroatoms. The Hall–Kier alpha value is -2.94. The average molecular weight is 380 g/mol. The number of nitrogens with two attached hydrogens (primary N) is 1. The number of anilines is 1. The Labute approximate surface area is 150 Å². The number of hydrogen-bond donors (Lipinski definition) is 2. The van der Waals surface area contributed by atoms with E-state index in [1.54, 1.807) is 6.92 Å². The van der Waals surface area contributed by atoms with Gasteiger partial charge < -0.3 is 10.5 Å². The highest BCUT2D eigenvalue weighted by Crippen LogP contribution is 2.24. The molecule has 0 bridgehead atoms. The zero-order chi connectivity index (χ0) is 19.5. The van der Waals surface area contributed by atoms with Crippen LogP contribution in [0.5, 0.6) is 0 Å². The fraction of sp³-hybridized carbons (Fsp3) is 0.176. The summed E-state index contributed by atoms with van der Waals surface area (Å²) in [4.78, 5) is 22.7. The van der Waals surface area contributed by atoms with Crippen molar-refractivity contribution in [3.8, 4) is 0 Å². The normalized spacial score (nSPS) is 11.0. The first-order valence-corrected chi connectivity index (χ1v) is 9.04. The third-order valence-electron chi connectivity index (χ3n) is 3.55. The quantitative estimate of drug-likeness (QED) is 0.746. The van der Waals surface area contributed by atoms with Gasteiger partial charge in [-0.25, -0.2) is 17.6 Å². The van der Waals surface area contributed by atoms with Crippen LogP contribution in [0.4, 0.5) is 10.1 Å². The molecule has 7 nitrogen and oxygen atoms in total. The molecule has 0 aliphatic rings. The van der Waals surface area contributed by atoms with Crippen LogP contribution in [0.1, 0.15) is 33.2 Å². The minimum absolute atomic E-state index is 0.0155. The van der Waals surface area contributed by atoms with Gasteiger partial charge in [0.1, 0.15) is 5.82 Å². The molecule has 0 spiro atoms. The summed E-state index contributed by atoms with van der Waals surface area (Å²) >= 11 is 0. The Morgan fingerprint density at radius 3 is 2.31 bits per heavy atom. The Morgan fingerprint density at radius 1 is 1.15 bits per heavy atom. The summed E-state index contributed by atoms with van der Waals surface area (Å²) < 4.78 is 45.9. The fourth-order valence-corrected chi connectivity index (χ4v) is 3.23. The molecule has 138 valence electrons. The summed E-state index contributed by atoms with van der Waals surface area (Å²) in [6, 6.07) is 7.14. The average Bonchev–Trinajstić information content (AvgIpc) is 2.58. The van der Waals surface area contributed by atoms with Crippen molar-refractivity contribution < 1.29 is 27.1 Å². The molecule has 0 aliphatic carbocycles. The Kier molecular flexibility index (Phi) is 5.61. The first kappa shape index (κ1) is 19.4. The second kappa shape index (κ2) is 7.52. The number of rotatable bonds is 6. The molecule has 0 unspecified atom stereocenters. The Bertz CT molecular complexity index is 956. The largest absolute Gasteiger partial charge is 0.462 e. The van der Waals surface area contributed by atoms with Crippen LogP contribution in [-0.2, 0) is 14.8 Å². The molecule has 2 aromatic rings. The lowest BCUT2D eigenvalue weighted by Gasteiger charge is -2.12. The van der Waals surface area contributed by atoms with Crippen LogP contribution >= 0.6 is 0 Å². The molecule has 0 fully saturated rings. The molecule has 0 aromatic heterocycles. The van der Waals surface area contributed by atoms with E-state index in [2.05, 4.69) is 4.72 Å². The highest BCUT2D eigenvalue weighted by Gasteiger charge is 2.19. The first-order valence-electron chi connectivity index (χ1n) is 7.55. The maximum atomic E-state index is 13.9. The van der Waals surface area contributed by atoms with Crippen LogP contribution in [0.3, 0.4) is 0 Å². The number of hydrogen-bond acceptors (Lipinski definition) is 5. The van der Waals surface area contributed by atoms with Crippen molar-refractivity contribution in [1.29, 1.82) is 0 Å². The molecule has 0 heterocycles. The van der Waals surface area contributed by atoms with E-state index in [9.17, 15) is 22.4 Å². The molecule has 0 radical (unpaired) electrons. The Balaban J connectivity index is 2.34. The lowest BCUT2D eigenvalue weighted by molar-refractivity contribution is 0.0526. The SMILES string of the molecule is CCOC(=O)c1ccc(S(=O)(=O)Nc2cc(C(N)=O)cc(F)c2C)cc1. The van der Waals surface area contributed by atoms with Crippen molar-refractivity contribution in [2.75, 3.05) is 11.3 Å². The van der Waals surface area contributed by atoms with Gasteiger partial charge in [0.05, 0.1) is 22.8 Å². The molecule has 2 rings (SSSR count). The number of carbonyl (C=O) groups is 2. The number of sulfonamides is 1. The summed E-state index contributed by atoms with van der Waals surface area (Å²) in [5.41, 5.74) is 5.07. The molecule has 26 heavy (non-hydrogen) atoms. The molecule has 3 N–H and O–H groups in total. The van der Waals surface area contributed by atoms with Crippen molar-refractivity contribution in [1.82, 2.24) is 0 Å². The zero-order valence-corrected chi connectivity index (χ0v) is 14.9. The van der Waals surface area contributed by atoms with Gasteiger partial charge in [-0.1, -0.05) is 0 Å². The predicted molar refractivity (Wildman–Crippen MR) is 92.9 cm³/mol. The molecule has 1 amide bonds. The van der Waals surface area contributed by atoms with Crippen LogP contribution in [0.2, 0.25) is 0 Å². The first-order chi connectivity index (χ1) is 12.2. The number of ether oxygens (including phenoxy) is 1. The van der Waals surface area contributed by atoms with Gasteiger partial charge in [-0.05, 0) is 50.2 Å². The van der Waals surface area contributed by atoms with Crippen LogP contribution in [0.25, 0.3) is 0 Å². The highest BCUT2D eigenvalue weighted by atomic mass is 32.2. The second-order valence-corrected chi connectivity index (χ2v) is 7.03. The molecule has 0 saturated carbocycles. The zero-order valence-electron chi connectivity index (χ0n) is 14.1. The summed E-state index contributed by atoms with van der Waals surface area (Å²) in [5, 5.41) is 0. The minimum Gasteiger partial charge on any atom is -0.462 e. The summed E-state index contributed by atoms with van der Waals surface area (Å²) in [6.07, 6.45) is 0. The monoisotopic (exact) mass is 380 g/mol. The standard InChI is InChI=1S/C17H17FN2O5S/c1-3-25-17(22)11-4-6-13(7-5-11)26(23,24)20-15-9-12(16(19)21)8-14(18)10(15)2/h4-9,20H,3H2,1-2H3,(H2,19,21). The van der Waals surface area contributed by atoms with Gasteiger partial charge in [-0.15, -0.1) is 0 Å². The van der Waals surface area contributed by atoms with E-state index in [0.717, 1.165) is 12.1 Å². The fourth-order valence-electron chi connectivity index (χ4n) is 2.12. The van der Waals surface area contributed by atoms with Crippen molar-refractivity contribution >= 4 is 27.6 Å². The number of halogens is 1. The number of esters is 1. The van der Waals surface area contributed by atoms with E-state index in [4.69, 9.17) is 10.5 Å². The minimum atomic E-state index is -4.07. The van der Waals surface area contributed by atoms with Gasteiger partial charge in [-0.3, -0.25) is 9.52 Å². The van der Waals surface area contributed by atoms with Gasteiger partial charge in [0, 0.05) is 11.1 Å². The number of amides is 1. The van der Waals surface area contributed by atoms with Crippen molar-refractivity contribution in [2.24, 2.45) is 5.73 Å². The third-order valence-corrected chi connectivity index (χ3v) is 4.93. The number of nitrogens with one attached hydrogen (secondary N) is 1. The van der Waals surface area contributed by atoms with Crippen LogP contribution < -0.4 is 10.5 Å². The molecule has 0 atom stereocenters. The Morgan fingerprint density at radius 2 is 1.77 bits per heavy atom. The van der Waals surface area contributed by atoms with E-state index in [1.165, 1.54) is 31.2 Å². The van der Waals surface area contributed by atoms with E-state index >= 15 is 0 Å². The van der Waals surface area contributed by atoms with Gasteiger partial charge in [-0.2, -0.15) is 0 Å².